The minimum Gasteiger partial charge on any atom is -0.309 e. The lowest BCUT2D eigenvalue weighted by Gasteiger charge is -2.21. The number of aromatic nitrogens is 2. The molecule has 0 unspecified atom stereocenters. The molecule has 0 N–H and O–H groups in total. The standard InChI is InChI=1S/C55H37F6N3/c1-31-13-17-41(33(3)21-31)35-15-19-45-43-9-5-7-11-48(43)63(51(45)25-35)50-29-47(37-23-39(54(56,57)58)28-40(24-37)55(59,60)61)53(27-38(50)30-62)64-49-12-8-6-10-44(49)46-20-16-36(26-52(46)64)42-18-14-32(2)22-34(42)4/h5-29H,1-4H3. The van der Waals surface area contributed by atoms with Crippen molar-refractivity contribution in [3.8, 4) is 50.8 Å². The van der Waals surface area contributed by atoms with Crippen LogP contribution in [-0.4, -0.2) is 9.13 Å². The van der Waals surface area contributed by atoms with Crippen LogP contribution >= 0.6 is 0 Å². The average molecular weight is 854 g/mol. The molecule has 0 saturated carbocycles. The number of alkyl halides is 6. The molecule has 9 heteroatoms. The molecule has 0 spiro atoms. The lowest BCUT2D eigenvalue weighted by molar-refractivity contribution is -0.143. The van der Waals surface area contributed by atoms with Gasteiger partial charge in [0, 0.05) is 27.1 Å². The van der Waals surface area contributed by atoms with E-state index in [1.165, 1.54) is 0 Å². The number of benzene rings is 8. The average Bonchev–Trinajstić information content (AvgIpc) is 3.77. The number of nitriles is 1. The molecule has 2 aromatic heterocycles. The predicted octanol–water partition coefficient (Wildman–Crippen LogP) is 16.0. The van der Waals surface area contributed by atoms with Crippen LogP contribution in [0.25, 0.3) is 88.4 Å². The normalized spacial score (nSPS) is 12.2. The van der Waals surface area contributed by atoms with E-state index in [4.69, 9.17) is 0 Å². The van der Waals surface area contributed by atoms with Crippen LogP contribution in [0.2, 0.25) is 0 Å². The van der Waals surface area contributed by atoms with E-state index >= 15 is 0 Å². The molecule has 0 aliphatic rings. The smallest absolute Gasteiger partial charge is 0.309 e. The van der Waals surface area contributed by atoms with Crippen LogP contribution in [0.5, 0.6) is 0 Å². The summed E-state index contributed by atoms with van der Waals surface area (Å²) in [4.78, 5) is 0. The monoisotopic (exact) mass is 853 g/mol. The quantitative estimate of drug-likeness (QED) is 0.159. The molecule has 10 rings (SSSR count). The van der Waals surface area contributed by atoms with Crippen molar-refractivity contribution < 1.29 is 26.3 Å². The van der Waals surface area contributed by atoms with Crippen LogP contribution in [-0.2, 0) is 12.4 Å². The Labute approximate surface area is 364 Å². The van der Waals surface area contributed by atoms with Gasteiger partial charge in [0.2, 0.25) is 0 Å². The van der Waals surface area contributed by atoms with Gasteiger partial charge in [-0.1, -0.05) is 108 Å². The highest BCUT2D eigenvalue weighted by Crippen LogP contribution is 2.45. The molecule has 10 aromatic rings. The Morgan fingerprint density at radius 2 is 0.859 bits per heavy atom. The zero-order valence-corrected chi connectivity index (χ0v) is 35.0. The molecule has 0 radical (unpaired) electrons. The van der Waals surface area contributed by atoms with Gasteiger partial charge in [-0.3, -0.25) is 0 Å². The Balaban J connectivity index is 1.35. The summed E-state index contributed by atoms with van der Waals surface area (Å²) >= 11 is 0. The molecule has 314 valence electrons. The lowest BCUT2D eigenvalue weighted by Crippen LogP contribution is -2.11. The van der Waals surface area contributed by atoms with E-state index in [-0.39, 0.29) is 28.4 Å². The highest BCUT2D eigenvalue weighted by atomic mass is 19.4. The SMILES string of the molecule is Cc1ccc(-c2ccc3c4ccccc4n(-c4cc(-c5cc(C(F)(F)F)cc(C(F)(F)F)c5)c(-n5c6ccccc6c6ccc(-c7ccc(C)cc7C)cc65)cc4C#N)c3c2)c(C)c1. The molecular weight excluding hydrogens is 817 g/mol. The van der Waals surface area contributed by atoms with E-state index in [9.17, 15) is 31.6 Å². The molecule has 0 aliphatic carbocycles. The summed E-state index contributed by atoms with van der Waals surface area (Å²) in [5.41, 5.74) is 8.36. The predicted molar refractivity (Wildman–Crippen MR) is 245 cm³/mol. The minimum atomic E-state index is -5.10. The molecule has 64 heavy (non-hydrogen) atoms. The molecule has 8 aromatic carbocycles. The maximum Gasteiger partial charge on any atom is 0.416 e. The van der Waals surface area contributed by atoms with E-state index in [1.807, 2.05) is 140 Å². The van der Waals surface area contributed by atoms with Crippen molar-refractivity contribution in [2.24, 2.45) is 0 Å². The minimum absolute atomic E-state index is 0.0710. The maximum atomic E-state index is 14.7. The van der Waals surface area contributed by atoms with E-state index in [2.05, 4.69) is 24.3 Å². The van der Waals surface area contributed by atoms with Crippen LogP contribution in [0.4, 0.5) is 26.3 Å². The Bertz CT molecular complexity index is 3560. The Hall–Kier alpha value is -7.57. The molecular formula is C55H37F6N3. The van der Waals surface area contributed by atoms with E-state index in [0.29, 0.717) is 27.8 Å². The van der Waals surface area contributed by atoms with Gasteiger partial charge in [-0.05, 0) is 121 Å². The first kappa shape index (κ1) is 40.5. The number of hydrogen-bond donors (Lipinski definition) is 0. The maximum absolute atomic E-state index is 14.7. The van der Waals surface area contributed by atoms with Gasteiger partial charge in [0.1, 0.15) is 6.07 Å². The lowest BCUT2D eigenvalue weighted by atomic mass is 9.95. The first-order valence-corrected chi connectivity index (χ1v) is 20.7. The van der Waals surface area contributed by atoms with Gasteiger partial charge in [0.25, 0.3) is 0 Å². The van der Waals surface area contributed by atoms with Gasteiger partial charge < -0.3 is 9.13 Å². The molecule has 3 nitrogen and oxygen atoms in total. The number of nitrogens with zero attached hydrogens (tertiary/aromatic N) is 3. The number of rotatable bonds is 5. The van der Waals surface area contributed by atoms with Crippen molar-refractivity contribution in [3.05, 3.63) is 191 Å². The van der Waals surface area contributed by atoms with Gasteiger partial charge in [-0.25, -0.2) is 0 Å². The summed E-state index contributed by atoms with van der Waals surface area (Å²) in [6, 6.07) is 46.7. The van der Waals surface area contributed by atoms with Crippen molar-refractivity contribution in [3.63, 3.8) is 0 Å². The van der Waals surface area contributed by atoms with Gasteiger partial charge in [-0.15, -0.1) is 0 Å². The summed E-state index contributed by atoms with van der Waals surface area (Å²) in [6.07, 6.45) is -10.2. The zero-order chi connectivity index (χ0) is 44.8. The molecule has 0 bridgehead atoms. The van der Waals surface area contributed by atoms with E-state index < -0.39 is 23.5 Å². The first-order valence-electron chi connectivity index (χ1n) is 20.7. The topological polar surface area (TPSA) is 33.6 Å². The van der Waals surface area contributed by atoms with Crippen molar-refractivity contribution in [1.82, 2.24) is 9.13 Å². The third-order valence-corrected chi connectivity index (χ3v) is 12.3. The molecule has 0 fully saturated rings. The number of halogens is 6. The fraction of sp³-hybridized carbons (Fsp3) is 0.109. The van der Waals surface area contributed by atoms with Gasteiger partial charge in [0.05, 0.1) is 50.1 Å². The third kappa shape index (κ3) is 6.69. The van der Waals surface area contributed by atoms with E-state index in [0.717, 1.165) is 78.2 Å². The van der Waals surface area contributed by atoms with Gasteiger partial charge in [0.15, 0.2) is 0 Å². The van der Waals surface area contributed by atoms with Crippen molar-refractivity contribution in [2.75, 3.05) is 0 Å². The summed E-state index contributed by atoms with van der Waals surface area (Å²) in [5.74, 6) is 0. The first-order chi connectivity index (χ1) is 30.6. The fourth-order valence-corrected chi connectivity index (χ4v) is 9.45. The second-order valence-electron chi connectivity index (χ2n) is 16.6. The van der Waals surface area contributed by atoms with Crippen LogP contribution in [0.3, 0.4) is 0 Å². The van der Waals surface area contributed by atoms with Gasteiger partial charge >= 0.3 is 12.4 Å². The Kier molecular flexibility index (Phi) is 9.35. The van der Waals surface area contributed by atoms with Crippen molar-refractivity contribution >= 4 is 43.6 Å². The molecule has 0 atom stereocenters. The largest absolute Gasteiger partial charge is 0.416 e. The summed E-state index contributed by atoms with van der Waals surface area (Å²) < 4.78 is 91.9. The Morgan fingerprint density at radius 3 is 1.31 bits per heavy atom. The number of aryl methyl sites for hydroxylation is 4. The second kappa shape index (κ2) is 14.8. The van der Waals surface area contributed by atoms with Crippen LogP contribution in [0.1, 0.15) is 38.9 Å². The van der Waals surface area contributed by atoms with Crippen LogP contribution in [0, 0.1) is 39.0 Å². The molecule has 0 aliphatic heterocycles. The number of fused-ring (bicyclic) bond motifs is 6. The third-order valence-electron chi connectivity index (χ3n) is 12.3. The Morgan fingerprint density at radius 1 is 0.406 bits per heavy atom. The highest BCUT2D eigenvalue weighted by molar-refractivity contribution is 6.12. The summed E-state index contributed by atoms with van der Waals surface area (Å²) in [6.45, 7) is 8.08. The molecule has 2 heterocycles. The summed E-state index contributed by atoms with van der Waals surface area (Å²) in [5, 5.41) is 14.5. The van der Waals surface area contributed by atoms with E-state index in [1.54, 1.807) is 12.1 Å². The van der Waals surface area contributed by atoms with Crippen molar-refractivity contribution in [2.45, 2.75) is 40.0 Å². The number of para-hydroxylation sites is 2. The zero-order valence-electron chi connectivity index (χ0n) is 35.0. The molecule has 0 saturated heterocycles. The van der Waals surface area contributed by atoms with Crippen LogP contribution < -0.4 is 0 Å². The molecule has 0 amide bonds. The van der Waals surface area contributed by atoms with Crippen LogP contribution in [0.15, 0.2) is 152 Å². The highest BCUT2D eigenvalue weighted by Gasteiger charge is 2.37. The summed E-state index contributed by atoms with van der Waals surface area (Å²) in [7, 11) is 0. The fourth-order valence-electron chi connectivity index (χ4n) is 9.45. The number of hydrogen-bond acceptors (Lipinski definition) is 1. The second-order valence-corrected chi connectivity index (χ2v) is 16.6. The van der Waals surface area contributed by atoms with Crippen molar-refractivity contribution in [1.29, 1.82) is 5.26 Å². The van der Waals surface area contributed by atoms with Gasteiger partial charge in [-0.2, -0.15) is 31.6 Å².